The van der Waals surface area contributed by atoms with Crippen LogP contribution in [0.15, 0.2) is 54.6 Å². The third-order valence-electron chi connectivity index (χ3n) is 3.56. The molecular formula is C21H26NO3P. The van der Waals surface area contributed by atoms with Gasteiger partial charge in [-0.15, -0.1) is 6.42 Å². The zero-order valence-corrected chi connectivity index (χ0v) is 16.2. The van der Waals surface area contributed by atoms with Gasteiger partial charge in [-0.1, -0.05) is 48.4 Å². The van der Waals surface area contributed by atoms with E-state index in [0.717, 1.165) is 17.9 Å². The van der Waals surface area contributed by atoms with Crippen molar-refractivity contribution in [3.05, 3.63) is 65.7 Å². The van der Waals surface area contributed by atoms with Gasteiger partial charge in [0.25, 0.3) is 0 Å². The molecule has 26 heavy (non-hydrogen) atoms. The van der Waals surface area contributed by atoms with E-state index in [2.05, 4.69) is 29.4 Å². The van der Waals surface area contributed by atoms with Gasteiger partial charge in [0, 0.05) is 6.54 Å². The van der Waals surface area contributed by atoms with Crippen LogP contribution in [-0.2, 0) is 15.6 Å². The monoisotopic (exact) mass is 371 g/mol. The van der Waals surface area contributed by atoms with E-state index in [4.69, 9.17) is 20.2 Å². The second-order valence-electron chi connectivity index (χ2n) is 5.46. The predicted molar refractivity (Wildman–Crippen MR) is 107 cm³/mol. The van der Waals surface area contributed by atoms with Gasteiger partial charge in [-0.2, -0.15) is 0 Å². The normalized spacial score (nSPS) is 11.9. The third kappa shape index (κ3) is 6.44. The van der Waals surface area contributed by atoms with Crippen molar-refractivity contribution in [2.45, 2.75) is 26.2 Å². The highest BCUT2D eigenvalue weighted by Crippen LogP contribution is 2.51. The van der Waals surface area contributed by atoms with Gasteiger partial charge in [0.2, 0.25) is 0 Å². The van der Waals surface area contributed by atoms with Gasteiger partial charge in [0.15, 0.2) is 8.38 Å². The third-order valence-corrected chi connectivity index (χ3v) is 5.49. The lowest BCUT2D eigenvalue weighted by Crippen LogP contribution is -2.21. The van der Waals surface area contributed by atoms with Crippen molar-refractivity contribution in [2.24, 2.45) is 0 Å². The van der Waals surface area contributed by atoms with E-state index < -0.39 is 8.38 Å². The van der Waals surface area contributed by atoms with Gasteiger partial charge in [0.05, 0.1) is 13.2 Å². The average Bonchev–Trinajstić information content (AvgIpc) is 2.68. The molecule has 0 fully saturated rings. The van der Waals surface area contributed by atoms with E-state index in [1.807, 2.05) is 50.2 Å². The molecular weight excluding hydrogens is 345 g/mol. The lowest BCUT2D eigenvalue weighted by Gasteiger charge is -2.27. The molecule has 0 aliphatic heterocycles. The highest BCUT2D eigenvalue weighted by molar-refractivity contribution is 7.47. The molecule has 0 saturated carbocycles. The number of terminal acetylenes is 1. The molecule has 0 radical (unpaired) electrons. The van der Waals surface area contributed by atoms with Crippen LogP contribution in [0.25, 0.3) is 0 Å². The van der Waals surface area contributed by atoms with Crippen molar-refractivity contribution >= 4 is 8.38 Å². The summed E-state index contributed by atoms with van der Waals surface area (Å²) in [5, 5.41) is 3.59. The average molecular weight is 371 g/mol. The molecule has 0 spiro atoms. The fourth-order valence-corrected chi connectivity index (χ4v) is 3.99. The zero-order valence-electron chi connectivity index (χ0n) is 15.4. The van der Waals surface area contributed by atoms with Crippen molar-refractivity contribution in [1.29, 1.82) is 0 Å². The molecule has 138 valence electrons. The van der Waals surface area contributed by atoms with E-state index in [9.17, 15) is 0 Å². The predicted octanol–water partition coefficient (Wildman–Crippen LogP) is 4.87. The quantitative estimate of drug-likeness (QED) is 0.452. The molecule has 0 aliphatic carbocycles. The molecule has 1 atom stereocenters. The second kappa shape index (κ2) is 11.7. The molecule has 2 aromatic rings. The number of hydrogen-bond donors (Lipinski definition) is 1. The molecule has 0 amide bonds. The Balaban J connectivity index is 2.22. The smallest absolute Gasteiger partial charge is 0.193 e. The Kier molecular flexibility index (Phi) is 9.17. The van der Waals surface area contributed by atoms with E-state index in [1.54, 1.807) is 0 Å². The minimum absolute atomic E-state index is 0.0699. The maximum Gasteiger partial charge on any atom is 0.193 e. The SMILES string of the molecule is C#CCOc1cccc(C(NCc2ccccc2)P(OCC)OCC)c1. The molecule has 0 aliphatic rings. The highest BCUT2D eigenvalue weighted by Gasteiger charge is 2.25. The number of ether oxygens (including phenoxy) is 1. The zero-order chi connectivity index (χ0) is 18.6. The minimum atomic E-state index is -1.13. The molecule has 0 bridgehead atoms. The van der Waals surface area contributed by atoms with Crippen LogP contribution >= 0.6 is 8.38 Å². The first kappa shape index (κ1) is 20.4. The van der Waals surface area contributed by atoms with Crippen LogP contribution in [0.3, 0.4) is 0 Å². The second-order valence-corrected chi connectivity index (χ2v) is 7.06. The van der Waals surface area contributed by atoms with Crippen molar-refractivity contribution in [1.82, 2.24) is 5.32 Å². The number of rotatable bonds is 11. The Labute approximate surface area is 157 Å². The standard InChI is InChI=1S/C21H26NO3P/c1-4-15-23-20-14-10-13-19(16-20)21(26(24-5-2)25-6-3)22-17-18-11-8-7-9-12-18/h1,7-14,16,21-22H,5-6,15,17H2,2-3H3. The topological polar surface area (TPSA) is 39.7 Å². The lowest BCUT2D eigenvalue weighted by molar-refractivity contribution is 0.257. The molecule has 1 unspecified atom stereocenters. The van der Waals surface area contributed by atoms with Crippen molar-refractivity contribution in [3.8, 4) is 18.1 Å². The summed E-state index contributed by atoms with van der Waals surface area (Å²) in [7, 11) is -1.13. The Bertz CT molecular complexity index is 681. The molecule has 5 heteroatoms. The fraction of sp³-hybridized carbons (Fsp3) is 0.333. The first-order chi connectivity index (χ1) is 12.8. The highest BCUT2D eigenvalue weighted by atomic mass is 31.2. The number of nitrogens with one attached hydrogen (secondary N) is 1. The fourth-order valence-electron chi connectivity index (χ4n) is 2.46. The molecule has 4 nitrogen and oxygen atoms in total. The van der Waals surface area contributed by atoms with Crippen molar-refractivity contribution < 1.29 is 13.8 Å². The summed E-state index contributed by atoms with van der Waals surface area (Å²) >= 11 is 0. The number of benzene rings is 2. The minimum Gasteiger partial charge on any atom is -0.481 e. The van der Waals surface area contributed by atoms with Gasteiger partial charge >= 0.3 is 0 Å². The summed E-state index contributed by atoms with van der Waals surface area (Å²) < 4.78 is 17.4. The van der Waals surface area contributed by atoms with Crippen LogP contribution in [0, 0.1) is 12.3 Å². The first-order valence-corrected chi connectivity index (χ1v) is 10.0. The summed E-state index contributed by atoms with van der Waals surface area (Å²) in [6.07, 6.45) is 5.29. The van der Waals surface area contributed by atoms with E-state index in [-0.39, 0.29) is 12.4 Å². The van der Waals surface area contributed by atoms with E-state index in [0.29, 0.717) is 13.2 Å². The molecule has 0 aromatic heterocycles. The molecule has 0 heterocycles. The number of hydrogen-bond acceptors (Lipinski definition) is 4. The van der Waals surface area contributed by atoms with Crippen LogP contribution in [0.4, 0.5) is 0 Å². The summed E-state index contributed by atoms with van der Waals surface area (Å²) in [6, 6.07) is 18.2. The van der Waals surface area contributed by atoms with Gasteiger partial charge in [-0.3, -0.25) is 5.32 Å². The van der Waals surface area contributed by atoms with Gasteiger partial charge < -0.3 is 13.8 Å². The van der Waals surface area contributed by atoms with Crippen LogP contribution in [0.1, 0.15) is 30.8 Å². The summed E-state index contributed by atoms with van der Waals surface area (Å²) in [6.45, 7) is 6.13. The largest absolute Gasteiger partial charge is 0.481 e. The summed E-state index contributed by atoms with van der Waals surface area (Å²) in [4.78, 5) is 0. The van der Waals surface area contributed by atoms with Gasteiger partial charge in [-0.05, 0) is 37.1 Å². The first-order valence-electron chi connectivity index (χ1n) is 8.77. The molecule has 0 saturated heterocycles. The van der Waals surface area contributed by atoms with E-state index >= 15 is 0 Å². The van der Waals surface area contributed by atoms with Crippen LogP contribution in [0.2, 0.25) is 0 Å². The Morgan fingerprint density at radius 3 is 2.42 bits per heavy atom. The summed E-state index contributed by atoms with van der Waals surface area (Å²) in [5.74, 6) is 3.17. The molecule has 2 rings (SSSR count). The Morgan fingerprint density at radius 2 is 1.77 bits per heavy atom. The summed E-state index contributed by atoms with van der Waals surface area (Å²) in [5.41, 5.74) is 2.27. The van der Waals surface area contributed by atoms with Crippen LogP contribution < -0.4 is 10.1 Å². The lowest BCUT2D eigenvalue weighted by atomic mass is 10.2. The Morgan fingerprint density at radius 1 is 1.04 bits per heavy atom. The van der Waals surface area contributed by atoms with Crippen LogP contribution in [-0.4, -0.2) is 19.8 Å². The van der Waals surface area contributed by atoms with Crippen molar-refractivity contribution in [2.75, 3.05) is 19.8 Å². The van der Waals surface area contributed by atoms with Gasteiger partial charge in [-0.25, -0.2) is 0 Å². The Hall–Kier alpha value is -1.89. The van der Waals surface area contributed by atoms with Crippen LogP contribution in [0.5, 0.6) is 5.75 Å². The van der Waals surface area contributed by atoms with Crippen molar-refractivity contribution in [3.63, 3.8) is 0 Å². The molecule has 2 aromatic carbocycles. The van der Waals surface area contributed by atoms with E-state index in [1.165, 1.54) is 5.56 Å². The maximum atomic E-state index is 5.92. The maximum absolute atomic E-state index is 5.92. The van der Waals surface area contributed by atoms with Gasteiger partial charge in [0.1, 0.15) is 18.1 Å². The molecule has 1 N–H and O–H groups in total.